The molecule has 0 aliphatic carbocycles. The van der Waals surface area contributed by atoms with Gasteiger partial charge in [0, 0.05) is 48.9 Å². The van der Waals surface area contributed by atoms with Crippen molar-refractivity contribution in [2.75, 3.05) is 14.1 Å². The third-order valence-electron chi connectivity index (χ3n) is 6.12. The first-order valence-corrected chi connectivity index (χ1v) is 11.1. The van der Waals surface area contributed by atoms with Crippen LogP contribution >= 0.6 is 0 Å². The van der Waals surface area contributed by atoms with Crippen LogP contribution in [0.4, 0.5) is 0 Å². The van der Waals surface area contributed by atoms with Crippen LogP contribution in [0.25, 0.3) is 21.9 Å². The molecule has 0 unspecified atom stereocenters. The van der Waals surface area contributed by atoms with Gasteiger partial charge in [0.15, 0.2) is 5.78 Å². The van der Waals surface area contributed by atoms with E-state index in [2.05, 4.69) is 25.4 Å². The fourth-order valence-electron chi connectivity index (χ4n) is 4.37. The smallest absolute Gasteiger partial charge is 0.270 e. The van der Waals surface area contributed by atoms with Gasteiger partial charge in [-0.1, -0.05) is 36.3 Å². The Morgan fingerprint density at radius 1 is 1.11 bits per heavy atom. The second kappa shape index (κ2) is 8.58. The van der Waals surface area contributed by atoms with Gasteiger partial charge in [-0.25, -0.2) is 4.98 Å². The van der Waals surface area contributed by atoms with Crippen molar-refractivity contribution in [1.29, 1.82) is 0 Å². The topological polar surface area (TPSA) is 83.9 Å². The van der Waals surface area contributed by atoms with Crippen molar-refractivity contribution in [3.8, 4) is 12.3 Å². The Balaban J connectivity index is 1.54. The highest BCUT2D eigenvalue weighted by molar-refractivity contribution is 6.22. The number of amides is 1. The number of nitrogens with one attached hydrogen (secondary N) is 1. The summed E-state index contributed by atoms with van der Waals surface area (Å²) in [6, 6.07) is 14.7. The molecule has 0 fully saturated rings. The van der Waals surface area contributed by atoms with Gasteiger partial charge in [-0.3, -0.25) is 14.6 Å². The van der Waals surface area contributed by atoms with E-state index in [-0.39, 0.29) is 17.4 Å². The van der Waals surface area contributed by atoms with Crippen molar-refractivity contribution in [3.63, 3.8) is 0 Å². The number of hydrogen-bond acceptors (Lipinski definition) is 4. The van der Waals surface area contributed by atoms with Gasteiger partial charge in [0.25, 0.3) is 5.91 Å². The number of aromatic nitrogens is 4. The number of H-pyrrole nitrogens is 1. The van der Waals surface area contributed by atoms with Gasteiger partial charge in [-0.05, 0) is 30.7 Å². The molecule has 35 heavy (non-hydrogen) atoms. The van der Waals surface area contributed by atoms with E-state index in [4.69, 9.17) is 6.42 Å². The number of aryl methyl sites for hydroxylation is 1. The van der Waals surface area contributed by atoms with Crippen molar-refractivity contribution in [2.24, 2.45) is 0 Å². The molecule has 0 spiro atoms. The standard InChI is InChI=1S/C28H23N5O2/c1-5-19-7-6-8-21-24(19)25(26(31-21)28(35)32(3)4)27(34)20-11-9-18(10-12-20)16-33-17(2)30-22-15-29-14-13-23(22)33/h1,6-15,31H,16H2,2-4H3. The van der Waals surface area contributed by atoms with E-state index in [1.165, 1.54) is 4.90 Å². The molecule has 0 bridgehead atoms. The summed E-state index contributed by atoms with van der Waals surface area (Å²) in [5, 5.41) is 0.586. The van der Waals surface area contributed by atoms with Gasteiger partial charge in [0.2, 0.25) is 0 Å². The van der Waals surface area contributed by atoms with Gasteiger partial charge in [0.1, 0.15) is 17.0 Å². The molecule has 0 atom stereocenters. The second-order valence-corrected chi connectivity index (χ2v) is 8.58. The molecule has 5 aromatic rings. The number of carbonyl (C=O) groups is 2. The largest absolute Gasteiger partial charge is 0.350 e. The minimum absolute atomic E-state index is 0.232. The molecular formula is C28H23N5O2. The number of carbonyl (C=O) groups excluding carboxylic acids is 2. The molecule has 2 aromatic carbocycles. The number of ketones is 1. The molecule has 1 N–H and O–H groups in total. The highest BCUT2D eigenvalue weighted by Gasteiger charge is 2.26. The van der Waals surface area contributed by atoms with Crippen LogP contribution < -0.4 is 0 Å². The highest BCUT2D eigenvalue weighted by atomic mass is 16.2. The molecule has 0 saturated heterocycles. The van der Waals surface area contributed by atoms with Crippen LogP contribution in [0.1, 0.15) is 43.4 Å². The van der Waals surface area contributed by atoms with E-state index >= 15 is 0 Å². The molecule has 0 aliphatic rings. The molecule has 3 heterocycles. The Morgan fingerprint density at radius 3 is 2.60 bits per heavy atom. The van der Waals surface area contributed by atoms with Crippen LogP contribution in [0, 0.1) is 19.3 Å². The quantitative estimate of drug-likeness (QED) is 0.314. The number of hydrogen-bond donors (Lipinski definition) is 1. The van der Waals surface area contributed by atoms with Gasteiger partial charge in [-0.2, -0.15) is 0 Å². The molecule has 7 nitrogen and oxygen atoms in total. The molecule has 0 aliphatic heterocycles. The number of benzene rings is 2. The highest BCUT2D eigenvalue weighted by Crippen LogP contribution is 2.29. The Labute approximate surface area is 202 Å². The minimum atomic E-state index is -0.291. The fraction of sp³-hybridized carbons (Fsp3) is 0.143. The zero-order valence-electron chi connectivity index (χ0n) is 19.7. The van der Waals surface area contributed by atoms with Crippen LogP contribution in [0.15, 0.2) is 60.9 Å². The van der Waals surface area contributed by atoms with Gasteiger partial charge in [-0.15, -0.1) is 6.42 Å². The Bertz CT molecular complexity index is 1650. The lowest BCUT2D eigenvalue weighted by molar-refractivity contribution is 0.0817. The van der Waals surface area contributed by atoms with Crippen LogP contribution in [-0.2, 0) is 6.54 Å². The zero-order chi connectivity index (χ0) is 24.7. The molecule has 0 saturated carbocycles. The molecule has 1 amide bonds. The fourth-order valence-corrected chi connectivity index (χ4v) is 4.37. The van der Waals surface area contributed by atoms with Crippen molar-refractivity contribution in [3.05, 3.63) is 94.7 Å². The first-order chi connectivity index (χ1) is 16.9. The van der Waals surface area contributed by atoms with E-state index in [1.807, 2.05) is 31.2 Å². The summed E-state index contributed by atoms with van der Waals surface area (Å²) in [4.78, 5) is 39.9. The Hall–Kier alpha value is -4.70. The van der Waals surface area contributed by atoms with Gasteiger partial charge >= 0.3 is 0 Å². The maximum absolute atomic E-state index is 13.7. The van der Waals surface area contributed by atoms with Crippen molar-refractivity contribution in [2.45, 2.75) is 13.5 Å². The number of nitrogens with zero attached hydrogens (tertiary/aromatic N) is 4. The molecule has 7 heteroatoms. The average molecular weight is 462 g/mol. The second-order valence-electron chi connectivity index (χ2n) is 8.58. The lowest BCUT2D eigenvalue weighted by Gasteiger charge is -2.11. The van der Waals surface area contributed by atoms with E-state index in [1.54, 1.807) is 50.8 Å². The summed E-state index contributed by atoms with van der Waals surface area (Å²) in [6.45, 7) is 2.57. The third kappa shape index (κ3) is 3.75. The molecule has 0 radical (unpaired) electrons. The minimum Gasteiger partial charge on any atom is -0.350 e. The molecule has 5 rings (SSSR count). The Morgan fingerprint density at radius 2 is 1.89 bits per heavy atom. The number of terminal acetylenes is 1. The van der Waals surface area contributed by atoms with E-state index in [0.29, 0.717) is 34.1 Å². The summed E-state index contributed by atoms with van der Waals surface area (Å²) in [5.74, 6) is 2.98. The maximum Gasteiger partial charge on any atom is 0.270 e. The molecule has 3 aromatic heterocycles. The molecular weight excluding hydrogens is 438 g/mol. The lowest BCUT2D eigenvalue weighted by atomic mass is 9.96. The zero-order valence-corrected chi connectivity index (χ0v) is 19.7. The van der Waals surface area contributed by atoms with E-state index < -0.39 is 0 Å². The summed E-state index contributed by atoms with van der Waals surface area (Å²) < 4.78 is 2.11. The SMILES string of the molecule is C#Cc1cccc2[nH]c(C(=O)N(C)C)c(C(=O)c3ccc(Cn4c(C)nc5cnccc54)cc3)c12. The van der Waals surface area contributed by atoms with Gasteiger partial charge < -0.3 is 14.5 Å². The predicted octanol–water partition coefficient (Wildman–Crippen LogP) is 4.18. The Kier molecular flexibility index (Phi) is 5.42. The van der Waals surface area contributed by atoms with E-state index in [9.17, 15) is 9.59 Å². The number of aromatic amines is 1. The van der Waals surface area contributed by atoms with Crippen LogP contribution in [-0.4, -0.2) is 50.2 Å². The van der Waals surface area contributed by atoms with E-state index in [0.717, 1.165) is 22.4 Å². The van der Waals surface area contributed by atoms with Gasteiger partial charge in [0.05, 0.1) is 17.3 Å². The van der Waals surface area contributed by atoms with Crippen molar-refractivity contribution >= 4 is 33.6 Å². The number of rotatable bonds is 5. The number of fused-ring (bicyclic) bond motifs is 2. The summed E-state index contributed by atoms with van der Waals surface area (Å²) in [6.07, 6.45) is 9.22. The van der Waals surface area contributed by atoms with Crippen LogP contribution in [0.5, 0.6) is 0 Å². The number of pyridine rings is 1. The summed E-state index contributed by atoms with van der Waals surface area (Å²) in [7, 11) is 3.30. The van der Waals surface area contributed by atoms with Crippen molar-refractivity contribution in [1.82, 2.24) is 24.4 Å². The first-order valence-electron chi connectivity index (χ1n) is 11.1. The lowest BCUT2D eigenvalue weighted by Crippen LogP contribution is -2.24. The van der Waals surface area contributed by atoms with Crippen molar-refractivity contribution < 1.29 is 9.59 Å². The summed E-state index contributed by atoms with van der Waals surface area (Å²) in [5.41, 5.74) is 5.10. The average Bonchev–Trinajstić information content (AvgIpc) is 3.41. The third-order valence-corrected chi connectivity index (χ3v) is 6.12. The number of imidazole rings is 1. The maximum atomic E-state index is 13.7. The first kappa shape index (κ1) is 22.1. The van der Waals surface area contributed by atoms with Crippen LogP contribution in [0.2, 0.25) is 0 Å². The van der Waals surface area contributed by atoms with Crippen LogP contribution in [0.3, 0.4) is 0 Å². The summed E-state index contributed by atoms with van der Waals surface area (Å²) >= 11 is 0. The molecule has 172 valence electrons. The monoisotopic (exact) mass is 461 g/mol. The normalized spacial score (nSPS) is 11.0. The predicted molar refractivity (Wildman–Crippen MR) is 135 cm³/mol.